The van der Waals surface area contributed by atoms with Crippen LogP contribution in [0, 0.1) is 10.8 Å². The average molecular weight is 204 g/mol. The first-order chi connectivity index (χ1) is 6.96. The summed E-state index contributed by atoms with van der Waals surface area (Å²) in [5, 5.41) is 0. The van der Waals surface area contributed by atoms with E-state index in [2.05, 4.69) is 33.4 Å². The van der Waals surface area contributed by atoms with E-state index in [4.69, 9.17) is 0 Å². The highest BCUT2D eigenvalue weighted by Crippen LogP contribution is 2.55. The third kappa shape index (κ3) is 1.79. The van der Waals surface area contributed by atoms with Gasteiger partial charge in [-0.1, -0.05) is 44.1 Å². The Labute approximate surface area is 94.5 Å². The Bertz CT molecular complexity index is 306. The van der Waals surface area contributed by atoms with Crippen LogP contribution in [-0.2, 0) is 0 Å². The molecular weight excluding hydrogens is 180 g/mol. The molecule has 0 aromatic carbocycles. The minimum atomic E-state index is 0.372. The second-order valence-electron chi connectivity index (χ2n) is 6.25. The molecule has 15 heavy (non-hydrogen) atoms. The fourth-order valence-corrected chi connectivity index (χ4v) is 3.40. The van der Waals surface area contributed by atoms with E-state index in [0.717, 1.165) is 0 Å². The normalized spacial score (nSPS) is 35.4. The fourth-order valence-electron chi connectivity index (χ4n) is 3.40. The van der Waals surface area contributed by atoms with Crippen molar-refractivity contribution in [3.8, 4) is 0 Å². The summed E-state index contributed by atoms with van der Waals surface area (Å²) in [5.74, 6) is 0. The van der Waals surface area contributed by atoms with Crippen molar-refractivity contribution < 1.29 is 0 Å². The van der Waals surface area contributed by atoms with Crippen molar-refractivity contribution in [1.29, 1.82) is 0 Å². The van der Waals surface area contributed by atoms with Gasteiger partial charge in [0.05, 0.1) is 0 Å². The molecule has 0 heterocycles. The third-order valence-corrected chi connectivity index (χ3v) is 4.75. The molecule has 0 amide bonds. The first-order valence-electron chi connectivity index (χ1n) is 6.32. The molecule has 0 nitrogen and oxygen atoms in total. The Morgan fingerprint density at radius 1 is 1.20 bits per heavy atom. The summed E-state index contributed by atoms with van der Waals surface area (Å²) in [6.45, 7) is 11.5. The summed E-state index contributed by atoms with van der Waals surface area (Å²) in [6.07, 6.45) is 10.4. The van der Waals surface area contributed by atoms with Crippen LogP contribution in [0.4, 0.5) is 0 Å². The first-order valence-corrected chi connectivity index (χ1v) is 6.32. The Balaban J connectivity index is 2.25. The van der Waals surface area contributed by atoms with Crippen LogP contribution in [0.2, 0.25) is 0 Å². The molecule has 1 atom stereocenters. The van der Waals surface area contributed by atoms with Crippen molar-refractivity contribution in [3.63, 3.8) is 0 Å². The summed E-state index contributed by atoms with van der Waals surface area (Å²) in [6, 6.07) is 0. The van der Waals surface area contributed by atoms with E-state index < -0.39 is 0 Å². The Kier molecular flexibility index (Phi) is 2.56. The SMILES string of the molecule is C=C1C(C)(C)CCC[C@@]12CC=C(C)CC2. The van der Waals surface area contributed by atoms with E-state index in [1.165, 1.54) is 44.1 Å². The van der Waals surface area contributed by atoms with E-state index in [-0.39, 0.29) is 0 Å². The maximum atomic E-state index is 4.44. The predicted octanol–water partition coefficient (Wildman–Crippen LogP) is 4.87. The fraction of sp³-hybridized carbons (Fsp3) is 0.733. The molecule has 84 valence electrons. The van der Waals surface area contributed by atoms with Crippen molar-refractivity contribution in [2.75, 3.05) is 0 Å². The average Bonchev–Trinajstić information content (AvgIpc) is 2.19. The molecule has 0 aliphatic heterocycles. The van der Waals surface area contributed by atoms with E-state index in [9.17, 15) is 0 Å². The summed E-state index contributed by atoms with van der Waals surface area (Å²) >= 11 is 0. The van der Waals surface area contributed by atoms with Gasteiger partial charge in [0, 0.05) is 0 Å². The van der Waals surface area contributed by atoms with Gasteiger partial charge in [0.2, 0.25) is 0 Å². The van der Waals surface area contributed by atoms with Gasteiger partial charge < -0.3 is 0 Å². The van der Waals surface area contributed by atoms with Crippen molar-refractivity contribution in [2.45, 2.75) is 59.3 Å². The monoisotopic (exact) mass is 204 g/mol. The molecule has 1 saturated carbocycles. The van der Waals surface area contributed by atoms with Crippen LogP contribution in [0.1, 0.15) is 59.3 Å². The van der Waals surface area contributed by atoms with Crippen molar-refractivity contribution in [2.24, 2.45) is 10.8 Å². The number of hydrogen-bond acceptors (Lipinski definition) is 0. The number of allylic oxidation sites excluding steroid dienone is 3. The second-order valence-corrected chi connectivity index (χ2v) is 6.25. The molecule has 1 fully saturated rings. The molecule has 0 aromatic rings. The molecule has 1 spiro atoms. The van der Waals surface area contributed by atoms with Crippen LogP contribution in [0.25, 0.3) is 0 Å². The van der Waals surface area contributed by atoms with Crippen molar-refractivity contribution in [1.82, 2.24) is 0 Å². The smallest absolute Gasteiger partial charge is 0.00479 e. The summed E-state index contributed by atoms with van der Waals surface area (Å²) in [7, 11) is 0. The molecule has 0 radical (unpaired) electrons. The van der Waals surface area contributed by atoms with Gasteiger partial charge in [0.25, 0.3) is 0 Å². The molecule has 0 aromatic heterocycles. The second kappa shape index (κ2) is 3.50. The van der Waals surface area contributed by atoms with Crippen LogP contribution in [0.15, 0.2) is 23.8 Å². The van der Waals surface area contributed by atoms with Gasteiger partial charge in [-0.05, 0) is 49.9 Å². The molecule has 2 aliphatic rings. The standard InChI is InChI=1S/C15H24/c1-12-6-10-15(11-7-12)9-5-8-14(3,4)13(15)2/h6H,2,5,7-11H2,1,3-4H3/t15-/m0/s1. The highest BCUT2D eigenvalue weighted by Gasteiger charge is 2.43. The molecule has 0 unspecified atom stereocenters. The lowest BCUT2D eigenvalue weighted by atomic mass is 9.56. The quantitative estimate of drug-likeness (QED) is 0.494. The minimum absolute atomic E-state index is 0.372. The molecule has 0 heteroatoms. The van der Waals surface area contributed by atoms with Crippen LogP contribution in [-0.4, -0.2) is 0 Å². The van der Waals surface area contributed by atoms with Crippen molar-refractivity contribution >= 4 is 0 Å². The maximum absolute atomic E-state index is 4.44. The lowest BCUT2D eigenvalue weighted by molar-refractivity contribution is 0.165. The Morgan fingerprint density at radius 2 is 1.93 bits per heavy atom. The van der Waals surface area contributed by atoms with Gasteiger partial charge >= 0.3 is 0 Å². The summed E-state index contributed by atoms with van der Waals surface area (Å²) in [4.78, 5) is 0. The molecule has 0 N–H and O–H groups in total. The van der Waals surface area contributed by atoms with E-state index in [0.29, 0.717) is 10.8 Å². The lowest BCUT2D eigenvalue weighted by Gasteiger charge is -2.49. The van der Waals surface area contributed by atoms with Gasteiger partial charge in [-0.2, -0.15) is 0 Å². The molecule has 0 saturated heterocycles. The molecule has 2 rings (SSSR count). The number of rotatable bonds is 0. The van der Waals surface area contributed by atoms with Crippen molar-refractivity contribution in [3.05, 3.63) is 23.8 Å². The van der Waals surface area contributed by atoms with E-state index >= 15 is 0 Å². The lowest BCUT2D eigenvalue weighted by Crippen LogP contribution is -2.36. The van der Waals surface area contributed by atoms with Crippen LogP contribution < -0.4 is 0 Å². The topological polar surface area (TPSA) is 0 Å². The maximum Gasteiger partial charge on any atom is -0.00479 e. The Morgan fingerprint density at radius 3 is 2.53 bits per heavy atom. The first kappa shape index (κ1) is 11.0. The van der Waals surface area contributed by atoms with Gasteiger partial charge in [-0.25, -0.2) is 0 Å². The minimum Gasteiger partial charge on any atom is -0.0987 e. The van der Waals surface area contributed by atoms with Gasteiger partial charge in [0.15, 0.2) is 0 Å². The van der Waals surface area contributed by atoms with Crippen LogP contribution in [0.5, 0.6) is 0 Å². The molecular formula is C15H24. The predicted molar refractivity (Wildman–Crippen MR) is 66.8 cm³/mol. The molecule has 2 aliphatic carbocycles. The van der Waals surface area contributed by atoms with E-state index in [1.54, 1.807) is 5.57 Å². The third-order valence-electron chi connectivity index (χ3n) is 4.75. The van der Waals surface area contributed by atoms with Crippen LogP contribution in [0.3, 0.4) is 0 Å². The molecule has 0 bridgehead atoms. The van der Waals surface area contributed by atoms with Gasteiger partial charge in [-0.3, -0.25) is 0 Å². The highest BCUT2D eigenvalue weighted by atomic mass is 14.5. The zero-order valence-corrected chi connectivity index (χ0v) is 10.5. The summed E-state index contributed by atoms with van der Waals surface area (Å²) < 4.78 is 0. The highest BCUT2D eigenvalue weighted by molar-refractivity contribution is 5.25. The van der Waals surface area contributed by atoms with Gasteiger partial charge in [-0.15, -0.1) is 0 Å². The Hall–Kier alpha value is -0.520. The van der Waals surface area contributed by atoms with E-state index in [1.807, 2.05) is 0 Å². The zero-order valence-electron chi connectivity index (χ0n) is 10.5. The largest absolute Gasteiger partial charge is 0.0987 e. The number of hydrogen-bond donors (Lipinski definition) is 0. The van der Waals surface area contributed by atoms with Crippen LogP contribution >= 0.6 is 0 Å². The summed E-state index contributed by atoms with van der Waals surface area (Å²) in [5.41, 5.74) is 3.94. The van der Waals surface area contributed by atoms with Gasteiger partial charge in [0.1, 0.15) is 0 Å². The zero-order chi connectivity index (χ0) is 11.1.